The molecule has 5 heteroatoms. The van der Waals surface area contributed by atoms with Crippen molar-refractivity contribution in [2.24, 2.45) is 5.92 Å². The molecule has 0 saturated carbocycles. The number of carbonyl (C=O) groups excluding carboxylic acids is 1. The van der Waals surface area contributed by atoms with Crippen LogP contribution in [0.1, 0.15) is 71.3 Å². The molecule has 2 aliphatic heterocycles. The maximum absolute atomic E-state index is 14.5. The average Bonchev–Trinajstić information content (AvgIpc) is 3.54. The summed E-state index contributed by atoms with van der Waals surface area (Å²) in [5.41, 5.74) is 3.93. The summed E-state index contributed by atoms with van der Waals surface area (Å²) in [6.45, 7) is 4.96. The highest BCUT2D eigenvalue weighted by Crippen LogP contribution is 2.48. The summed E-state index contributed by atoms with van der Waals surface area (Å²) in [4.78, 5) is 23.2. The van der Waals surface area contributed by atoms with Crippen LogP contribution in [0.4, 0.5) is 0 Å². The maximum Gasteiger partial charge on any atom is 0.233 e. The van der Waals surface area contributed by atoms with Crippen LogP contribution < -0.4 is 5.32 Å². The van der Waals surface area contributed by atoms with E-state index in [0.717, 1.165) is 58.2 Å². The number of aryl methyl sites for hydroxylation is 2. The smallest absolute Gasteiger partial charge is 0.233 e. The molecule has 0 unspecified atom stereocenters. The second kappa shape index (κ2) is 9.51. The van der Waals surface area contributed by atoms with Gasteiger partial charge in [0.05, 0.1) is 35.2 Å². The maximum atomic E-state index is 14.5. The third-order valence-corrected chi connectivity index (χ3v) is 10.2. The van der Waals surface area contributed by atoms with Gasteiger partial charge in [-0.05, 0) is 55.6 Å². The quantitative estimate of drug-likeness (QED) is 0.585. The van der Waals surface area contributed by atoms with E-state index in [1.54, 1.807) is 0 Å². The molecule has 35 heavy (non-hydrogen) atoms. The molecule has 1 spiro atoms. The van der Waals surface area contributed by atoms with Crippen molar-refractivity contribution in [3.63, 3.8) is 0 Å². The molecular formula is C30H36N3OS+. The van der Waals surface area contributed by atoms with Crippen LogP contribution in [0.15, 0.2) is 60.7 Å². The first kappa shape index (κ1) is 22.9. The molecule has 4 atom stereocenters. The minimum atomic E-state index is -0.0345. The minimum absolute atomic E-state index is 0.0345. The van der Waals surface area contributed by atoms with E-state index >= 15 is 0 Å². The summed E-state index contributed by atoms with van der Waals surface area (Å²) < 4.78 is 0. The summed E-state index contributed by atoms with van der Waals surface area (Å²) in [6.07, 6.45) is 6.36. The Hall–Kier alpha value is -2.50. The summed E-state index contributed by atoms with van der Waals surface area (Å²) in [6, 6.07) is 21.8. The Morgan fingerprint density at radius 3 is 2.60 bits per heavy atom. The summed E-state index contributed by atoms with van der Waals surface area (Å²) in [5.74, 6) is 0.911. The van der Waals surface area contributed by atoms with E-state index < -0.39 is 0 Å². The molecule has 0 bridgehead atoms. The lowest BCUT2D eigenvalue weighted by Gasteiger charge is -2.43. The second-order valence-electron chi connectivity index (χ2n) is 10.6. The first-order chi connectivity index (χ1) is 17.2. The monoisotopic (exact) mass is 486 g/mol. The molecule has 3 aliphatic rings. The fourth-order valence-corrected chi connectivity index (χ4v) is 8.32. The zero-order valence-corrected chi connectivity index (χ0v) is 21.5. The van der Waals surface area contributed by atoms with Crippen molar-refractivity contribution in [1.82, 2.24) is 9.88 Å². The van der Waals surface area contributed by atoms with Crippen molar-refractivity contribution in [2.45, 2.75) is 62.8 Å². The number of nitrogens with two attached hydrogens (primary N) is 1. The lowest BCUT2D eigenvalue weighted by Crippen LogP contribution is -2.82. The number of amides is 1. The number of nitrogens with zero attached hydrogens (tertiary/aromatic N) is 2. The average molecular weight is 487 g/mol. The van der Waals surface area contributed by atoms with E-state index in [4.69, 9.17) is 4.98 Å². The molecule has 182 valence electrons. The van der Waals surface area contributed by atoms with E-state index in [0.29, 0.717) is 11.8 Å². The molecule has 2 saturated heterocycles. The van der Waals surface area contributed by atoms with Crippen LogP contribution >= 0.6 is 11.3 Å². The number of piperidine rings is 1. The normalized spacial score (nSPS) is 28.3. The molecule has 2 aromatic carbocycles. The summed E-state index contributed by atoms with van der Waals surface area (Å²) >= 11 is 1.89. The Kier molecular flexibility index (Phi) is 6.23. The van der Waals surface area contributed by atoms with E-state index in [2.05, 4.69) is 77.8 Å². The number of thiazole rings is 1. The molecule has 1 aromatic heterocycles. The number of likely N-dealkylation sites (tertiary alicyclic amines) is 1. The van der Waals surface area contributed by atoms with Crippen LogP contribution in [0, 0.1) is 5.92 Å². The molecule has 2 N–H and O–H groups in total. The van der Waals surface area contributed by atoms with Crippen LogP contribution in [0.25, 0.3) is 0 Å². The predicted molar refractivity (Wildman–Crippen MR) is 141 cm³/mol. The Bertz CT molecular complexity index is 1180. The van der Waals surface area contributed by atoms with E-state index in [1.807, 2.05) is 11.3 Å². The van der Waals surface area contributed by atoms with Gasteiger partial charge in [0, 0.05) is 11.4 Å². The first-order valence-electron chi connectivity index (χ1n) is 13.4. The van der Waals surface area contributed by atoms with Crippen molar-refractivity contribution in [2.75, 3.05) is 19.6 Å². The highest BCUT2D eigenvalue weighted by Gasteiger charge is 2.56. The van der Waals surface area contributed by atoms with Gasteiger partial charge in [0.1, 0.15) is 5.92 Å². The number of hydrogen-bond donors (Lipinski definition) is 1. The number of fused-ring (bicyclic) bond motifs is 2. The van der Waals surface area contributed by atoms with Gasteiger partial charge in [0.2, 0.25) is 5.91 Å². The fraction of sp³-hybridized carbons (Fsp3) is 0.467. The molecule has 1 aliphatic carbocycles. The lowest BCUT2D eigenvalue weighted by molar-refractivity contribution is -0.640. The number of benzene rings is 2. The Labute approximate surface area is 212 Å². The Morgan fingerprint density at radius 1 is 1.11 bits per heavy atom. The molecule has 6 rings (SSSR count). The zero-order chi connectivity index (χ0) is 23.8. The Morgan fingerprint density at radius 2 is 1.86 bits per heavy atom. The van der Waals surface area contributed by atoms with E-state index in [9.17, 15) is 4.79 Å². The van der Waals surface area contributed by atoms with Gasteiger partial charge in [0.25, 0.3) is 0 Å². The molecule has 4 nitrogen and oxygen atoms in total. The van der Waals surface area contributed by atoms with Crippen molar-refractivity contribution in [1.29, 1.82) is 0 Å². The SMILES string of the molecule is CCc1nc2c(s1)[C@]1(CCC2)C[NH2+]C[C@H]1C(=O)N1CC[C@@H](c2ccccc2)C[C@H]1c1ccccc1. The highest BCUT2D eigenvalue weighted by molar-refractivity contribution is 7.12. The Balaban J connectivity index is 1.33. The number of aromatic nitrogens is 1. The van der Waals surface area contributed by atoms with Crippen molar-refractivity contribution in [3.05, 3.63) is 87.4 Å². The van der Waals surface area contributed by atoms with Crippen LogP contribution in [0.2, 0.25) is 0 Å². The van der Waals surface area contributed by atoms with Crippen LogP contribution in [-0.4, -0.2) is 35.4 Å². The fourth-order valence-electron chi connectivity index (χ4n) is 6.98. The van der Waals surface area contributed by atoms with Gasteiger partial charge in [-0.1, -0.05) is 67.6 Å². The van der Waals surface area contributed by atoms with E-state index in [-0.39, 0.29) is 17.4 Å². The van der Waals surface area contributed by atoms with Crippen LogP contribution in [-0.2, 0) is 23.1 Å². The molecule has 3 aromatic rings. The molecule has 3 heterocycles. The molecule has 2 fully saturated rings. The molecule has 1 amide bonds. The lowest BCUT2D eigenvalue weighted by atomic mass is 9.68. The van der Waals surface area contributed by atoms with Crippen molar-refractivity contribution < 1.29 is 10.1 Å². The third-order valence-electron chi connectivity index (χ3n) is 8.75. The molecular weight excluding hydrogens is 450 g/mol. The van der Waals surface area contributed by atoms with Crippen molar-refractivity contribution >= 4 is 17.2 Å². The minimum Gasteiger partial charge on any atom is -0.345 e. The summed E-state index contributed by atoms with van der Waals surface area (Å²) in [5, 5.41) is 3.64. The van der Waals surface area contributed by atoms with Crippen LogP contribution in [0.3, 0.4) is 0 Å². The van der Waals surface area contributed by atoms with Gasteiger partial charge in [-0.15, -0.1) is 11.3 Å². The standard InChI is InChI=1S/C30H35N3OS/c1-2-27-32-25-14-9-16-30(28(25)35-27)20-31-19-24(30)29(34)33-17-15-23(21-10-5-3-6-11-21)18-26(33)22-12-7-4-8-13-22/h3-8,10-13,23-24,26,31H,2,9,14-20H2,1H3/p+1/t23-,24+,26+,30-/m1/s1. The van der Waals surface area contributed by atoms with Gasteiger partial charge in [-0.3, -0.25) is 4.79 Å². The zero-order valence-electron chi connectivity index (χ0n) is 20.7. The topological polar surface area (TPSA) is 49.8 Å². The van der Waals surface area contributed by atoms with Crippen LogP contribution in [0.5, 0.6) is 0 Å². The first-order valence-corrected chi connectivity index (χ1v) is 14.2. The largest absolute Gasteiger partial charge is 0.345 e. The number of rotatable bonds is 4. The van der Waals surface area contributed by atoms with Crippen molar-refractivity contribution in [3.8, 4) is 0 Å². The van der Waals surface area contributed by atoms with Gasteiger partial charge >= 0.3 is 0 Å². The predicted octanol–water partition coefficient (Wildman–Crippen LogP) is 4.62. The van der Waals surface area contributed by atoms with Gasteiger partial charge in [-0.25, -0.2) is 4.98 Å². The number of carbonyl (C=O) groups is 1. The van der Waals surface area contributed by atoms with Gasteiger partial charge in [0.15, 0.2) is 0 Å². The van der Waals surface area contributed by atoms with Gasteiger partial charge < -0.3 is 10.2 Å². The van der Waals surface area contributed by atoms with E-state index in [1.165, 1.54) is 26.7 Å². The van der Waals surface area contributed by atoms with Gasteiger partial charge in [-0.2, -0.15) is 0 Å². The second-order valence-corrected chi connectivity index (χ2v) is 11.7. The number of quaternary nitrogens is 1. The number of hydrogen-bond acceptors (Lipinski definition) is 3. The molecule has 0 radical (unpaired) electrons. The third kappa shape index (κ3) is 4.03. The highest BCUT2D eigenvalue weighted by atomic mass is 32.1. The summed E-state index contributed by atoms with van der Waals surface area (Å²) in [7, 11) is 0.